The number of unbranched alkanes of at least 4 members (excludes halogenated alkanes) is 4. The second kappa shape index (κ2) is 11.8. The summed E-state index contributed by atoms with van der Waals surface area (Å²) < 4.78 is 39.7. The summed E-state index contributed by atoms with van der Waals surface area (Å²) in [4.78, 5) is 0. The second-order valence-electron chi connectivity index (χ2n) is 7.01. The van der Waals surface area contributed by atoms with Crippen molar-refractivity contribution in [3.63, 3.8) is 0 Å². The van der Waals surface area contributed by atoms with Gasteiger partial charge in [-0.3, -0.25) is 0 Å². The molecule has 1 aromatic heterocycles. The van der Waals surface area contributed by atoms with E-state index in [1.807, 2.05) is 6.26 Å². The molecular weight excluding hydrogens is 344 g/mol. The van der Waals surface area contributed by atoms with Gasteiger partial charge in [-0.05, 0) is 44.6 Å². The van der Waals surface area contributed by atoms with Crippen LogP contribution in [-0.2, 0) is 0 Å². The highest BCUT2D eigenvalue weighted by molar-refractivity contribution is 5.12. The molecule has 0 saturated heterocycles. The topological polar surface area (TPSA) is 104 Å². The Morgan fingerprint density at radius 2 is 1.56 bits per heavy atom. The summed E-state index contributed by atoms with van der Waals surface area (Å²) in [6, 6.07) is 4.36. The molecule has 0 amide bonds. The van der Waals surface area contributed by atoms with E-state index < -0.39 is 10.2 Å². The lowest BCUT2D eigenvalue weighted by Crippen LogP contribution is -2.68. The Morgan fingerprint density at radius 3 is 2.08 bits per heavy atom. The lowest BCUT2D eigenvalue weighted by molar-refractivity contribution is -2.00. The molecule has 1 aliphatic carbocycles. The fraction of sp³-hybridized carbons (Fsp3) is 0.737. The van der Waals surface area contributed by atoms with Gasteiger partial charge in [0.2, 0.25) is 0 Å². The van der Waals surface area contributed by atoms with Crippen molar-refractivity contribution in [2.24, 2.45) is 5.92 Å². The standard InChI is InChI=1S/C19H31O.ClHO4/c1-3-4-5-6-7-8-17-10-12-18(13-11-17)19-14-9-16(2)15-20-19;2-1(3,4)5/h9,14-15,17-18H,3-8,10-13H2,1-2H3;(H,2,3,4,5)/q+1;/p-1/t17-,18-;. The number of halogens is 1. The molecule has 1 heterocycles. The smallest absolute Gasteiger partial charge is 0.222 e. The van der Waals surface area contributed by atoms with Crippen molar-refractivity contribution in [2.75, 3.05) is 0 Å². The summed E-state index contributed by atoms with van der Waals surface area (Å²) in [5.41, 5.74) is 1.22. The van der Waals surface area contributed by atoms with Gasteiger partial charge in [0.15, 0.2) is 0 Å². The van der Waals surface area contributed by atoms with E-state index in [9.17, 15) is 0 Å². The monoisotopic (exact) mass is 374 g/mol. The molecule has 0 N–H and O–H groups in total. The van der Waals surface area contributed by atoms with E-state index >= 15 is 0 Å². The number of rotatable bonds is 7. The van der Waals surface area contributed by atoms with Crippen LogP contribution in [0.4, 0.5) is 0 Å². The van der Waals surface area contributed by atoms with Crippen molar-refractivity contribution in [3.05, 3.63) is 29.7 Å². The summed E-state index contributed by atoms with van der Waals surface area (Å²) in [6.07, 6.45) is 15.9. The van der Waals surface area contributed by atoms with Gasteiger partial charge in [-0.15, -0.1) is 10.2 Å². The van der Waals surface area contributed by atoms with Gasteiger partial charge in [-0.1, -0.05) is 45.4 Å². The van der Waals surface area contributed by atoms with E-state index in [4.69, 9.17) is 23.1 Å². The number of hydrogen-bond donors (Lipinski definition) is 0. The molecular formula is C19H31ClO5. The Morgan fingerprint density at radius 1 is 0.960 bits per heavy atom. The van der Waals surface area contributed by atoms with Gasteiger partial charge in [0.05, 0.1) is 5.92 Å². The van der Waals surface area contributed by atoms with E-state index in [1.165, 1.54) is 75.5 Å². The number of aryl methyl sites for hydroxylation is 1. The van der Waals surface area contributed by atoms with Gasteiger partial charge >= 0.3 is 12.0 Å². The highest BCUT2D eigenvalue weighted by Gasteiger charge is 2.28. The summed E-state index contributed by atoms with van der Waals surface area (Å²) in [5.74, 6) is 2.86. The molecule has 0 aromatic carbocycles. The Balaban J connectivity index is 0.000000550. The average molecular weight is 375 g/mol. The molecule has 6 heteroatoms. The van der Waals surface area contributed by atoms with Crippen molar-refractivity contribution in [1.29, 1.82) is 0 Å². The molecule has 0 atom stereocenters. The van der Waals surface area contributed by atoms with E-state index in [1.54, 1.807) is 0 Å². The van der Waals surface area contributed by atoms with Crippen LogP contribution >= 0.6 is 0 Å². The molecule has 2 rings (SSSR count). The van der Waals surface area contributed by atoms with Crippen molar-refractivity contribution in [1.82, 2.24) is 0 Å². The highest BCUT2D eigenvalue weighted by atomic mass is 35.7. The summed E-state index contributed by atoms with van der Waals surface area (Å²) in [5, 5.41) is 0. The van der Waals surface area contributed by atoms with Crippen LogP contribution in [-0.4, -0.2) is 0 Å². The fourth-order valence-corrected chi connectivity index (χ4v) is 3.46. The molecule has 25 heavy (non-hydrogen) atoms. The van der Waals surface area contributed by atoms with Crippen LogP contribution in [0.2, 0.25) is 0 Å². The second-order valence-corrected chi connectivity index (χ2v) is 7.77. The zero-order chi connectivity index (χ0) is 18.7. The van der Waals surface area contributed by atoms with Gasteiger partial charge in [0.1, 0.15) is 0 Å². The Bertz CT molecular complexity index is 444. The SMILES string of the molecule is CCCCCCC[C@H]1CC[C@H](c2ccc(C)c[o+]2)CC1.[O-][Cl+3]([O-])([O-])[O-]. The lowest BCUT2D eigenvalue weighted by Gasteiger charge is -2.25. The fourth-order valence-electron chi connectivity index (χ4n) is 3.46. The minimum atomic E-state index is -4.94. The minimum absolute atomic E-state index is 0.673. The van der Waals surface area contributed by atoms with Crippen molar-refractivity contribution < 1.29 is 33.3 Å². The quantitative estimate of drug-likeness (QED) is 0.534. The molecule has 1 fully saturated rings. The van der Waals surface area contributed by atoms with Crippen LogP contribution in [0.1, 0.15) is 88.4 Å². The summed E-state index contributed by atoms with van der Waals surface area (Å²) in [7, 11) is -4.94. The average Bonchev–Trinajstić information content (AvgIpc) is 2.55. The molecule has 1 aliphatic rings. The highest BCUT2D eigenvalue weighted by Crippen LogP contribution is 2.37. The third-order valence-corrected chi connectivity index (χ3v) is 4.86. The first-order chi connectivity index (χ1) is 11.8. The van der Waals surface area contributed by atoms with Gasteiger partial charge in [0, 0.05) is 11.6 Å². The van der Waals surface area contributed by atoms with E-state index in [0.717, 1.165) is 5.92 Å². The molecule has 5 nitrogen and oxygen atoms in total. The predicted molar refractivity (Wildman–Crippen MR) is 85.9 cm³/mol. The molecule has 1 aromatic rings. The molecule has 0 radical (unpaired) electrons. The first-order valence-electron chi connectivity index (χ1n) is 9.29. The van der Waals surface area contributed by atoms with Crippen LogP contribution in [0.15, 0.2) is 22.8 Å². The lowest BCUT2D eigenvalue weighted by atomic mass is 9.78. The molecule has 144 valence electrons. The Kier molecular flexibility index (Phi) is 10.5. The first-order valence-corrected chi connectivity index (χ1v) is 10.5. The minimum Gasteiger partial charge on any atom is -0.222 e. The largest absolute Gasteiger partial charge is 0.332 e. The third kappa shape index (κ3) is 11.5. The predicted octanol–water partition coefficient (Wildman–Crippen LogP) is 1.75. The van der Waals surface area contributed by atoms with Crippen LogP contribution in [0, 0.1) is 23.1 Å². The van der Waals surface area contributed by atoms with Gasteiger partial charge in [-0.25, -0.2) is 23.1 Å². The summed E-state index contributed by atoms with van der Waals surface area (Å²) in [6.45, 7) is 4.38. The van der Waals surface area contributed by atoms with Crippen LogP contribution in [0.25, 0.3) is 0 Å². The van der Waals surface area contributed by atoms with Crippen LogP contribution in [0.5, 0.6) is 0 Å². The molecule has 0 aliphatic heterocycles. The molecule has 0 spiro atoms. The first kappa shape index (κ1) is 22.3. The van der Waals surface area contributed by atoms with Crippen molar-refractivity contribution >= 4 is 0 Å². The van der Waals surface area contributed by atoms with Gasteiger partial charge in [0.25, 0.3) is 0 Å². The summed E-state index contributed by atoms with van der Waals surface area (Å²) >= 11 is 0. The van der Waals surface area contributed by atoms with Crippen molar-refractivity contribution in [3.8, 4) is 0 Å². The van der Waals surface area contributed by atoms with Gasteiger partial charge in [-0.2, -0.15) is 0 Å². The Hall–Kier alpha value is -0.720. The Labute approximate surface area is 153 Å². The molecule has 1 saturated carbocycles. The normalized spacial score (nSPS) is 20.7. The zero-order valence-corrected chi connectivity index (χ0v) is 16.1. The van der Waals surface area contributed by atoms with E-state index in [0.29, 0.717) is 5.92 Å². The van der Waals surface area contributed by atoms with Gasteiger partial charge < -0.3 is 0 Å². The number of hydrogen-bond acceptors (Lipinski definition) is 4. The zero-order valence-electron chi connectivity index (χ0n) is 15.4. The van der Waals surface area contributed by atoms with Crippen molar-refractivity contribution in [2.45, 2.75) is 84.0 Å². The van der Waals surface area contributed by atoms with E-state index in [2.05, 4.69) is 26.0 Å². The van der Waals surface area contributed by atoms with Crippen LogP contribution in [0.3, 0.4) is 0 Å². The molecule has 0 unspecified atom stereocenters. The molecule has 0 bridgehead atoms. The van der Waals surface area contributed by atoms with Crippen LogP contribution < -0.4 is 18.6 Å². The maximum absolute atomic E-state index is 8.49. The third-order valence-electron chi connectivity index (χ3n) is 4.86. The van der Waals surface area contributed by atoms with E-state index in [-0.39, 0.29) is 0 Å². The maximum atomic E-state index is 8.49. The maximum Gasteiger partial charge on any atom is 0.332 e.